The van der Waals surface area contributed by atoms with E-state index in [1.165, 1.54) is 4.90 Å². The van der Waals surface area contributed by atoms with Crippen LogP contribution in [0.3, 0.4) is 0 Å². The molecule has 0 aliphatic carbocycles. The standard InChI is InChI=1S/C29H28N2O6/c1-4-36-24(32)17-19-8-12-21(13-9-19)31-26(23-7-5-6-16-30-23)25(28(34)29(31)35)27(33)20-10-14-22(15-11-20)37-18(2)3/h5-16,18,26,33H,4,17H2,1-3H3/b27-25-. The van der Waals surface area contributed by atoms with Crippen molar-refractivity contribution in [2.24, 2.45) is 0 Å². The molecule has 0 bridgehead atoms. The Morgan fingerprint density at radius 3 is 2.32 bits per heavy atom. The van der Waals surface area contributed by atoms with Gasteiger partial charge in [0.25, 0.3) is 11.7 Å². The van der Waals surface area contributed by atoms with Crippen LogP contribution in [0.1, 0.15) is 43.6 Å². The van der Waals surface area contributed by atoms with Crippen LogP contribution in [-0.4, -0.2) is 40.5 Å². The number of amides is 1. The molecule has 0 saturated carbocycles. The van der Waals surface area contributed by atoms with Gasteiger partial charge in [-0.15, -0.1) is 0 Å². The third-order valence-electron chi connectivity index (χ3n) is 5.78. The lowest BCUT2D eigenvalue weighted by Gasteiger charge is -2.24. The number of esters is 1. The van der Waals surface area contributed by atoms with E-state index in [4.69, 9.17) is 9.47 Å². The average Bonchev–Trinajstić information content (AvgIpc) is 3.15. The molecule has 1 N–H and O–H groups in total. The summed E-state index contributed by atoms with van der Waals surface area (Å²) >= 11 is 0. The van der Waals surface area contributed by atoms with Gasteiger partial charge in [-0.05, 0) is 74.9 Å². The molecule has 8 nitrogen and oxygen atoms in total. The Kier molecular flexibility index (Phi) is 7.67. The van der Waals surface area contributed by atoms with E-state index in [0.717, 1.165) is 0 Å². The van der Waals surface area contributed by atoms with Crippen molar-refractivity contribution in [2.75, 3.05) is 11.5 Å². The maximum atomic E-state index is 13.3. The molecule has 2 heterocycles. The molecule has 2 aromatic carbocycles. The number of anilines is 1. The normalized spacial score (nSPS) is 16.8. The molecule has 1 fully saturated rings. The highest BCUT2D eigenvalue weighted by Gasteiger charge is 2.47. The first-order valence-electron chi connectivity index (χ1n) is 12.0. The number of ketones is 1. The van der Waals surface area contributed by atoms with Gasteiger partial charge in [0.05, 0.1) is 30.4 Å². The van der Waals surface area contributed by atoms with E-state index in [9.17, 15) is 19.5 Å². The molecule has 0 spiro atoms. The van der Waals surface area contributed by atoms with Crippen LogP contribution in [0.25, 0.3) is 5.76 Å². The number of Topliss-reactive ketones (excluding diaryl/α,β-unsaturated/α-hetero) is 1. The van der Waals surface area contributed by atoms with Crippen LogP contribution in [0.15, 0.2) is 78.5 Å². The monoisotopic (exact) mass is 500 g/mol. The van der Waals surface area contributed by atoms with Crippen molar-refractivity contribution in [2.45, 2.75) is 39.3 Å². The number of rotatable bonds is 8. The van der Waals surface area contributed by atoms with Crippen LogP contribution < -0.4 is 9.64 Å². The Hall–Kier alpha value is -4.46. The number of carbonyl (C=O) groups is 3. The molecule has 0 radical (unpaired) electrons. The van der Waals surface area contributed by atoms with Crippen LogP contribution in [-0.2, 0) is 25.5 Å². The molecule has 1 amide bonds. The van der Waals surface area contributed by atoms with E-state index in [1.807, 2.05) is 13.8 Å². The molecule has 3 aromatic rings. The molecule has 37 heavy (non-hydrogen) atoms. The van der Waals surface area contributed by atoms with Crippen molar-refractivity contribution in [1.82, 2.24) is 4.98 Å². The minimum atomic E-state index is -0.941. The fourth-order valence-electron chi connectivity index (χ4n) is 4.19. The van der Waals surface area contributed by atoms with Crippen LogP contribution in [0.5, 0.6) is 5.75 Å². The lowest BCUT2D eigenvalue weighted by molar-refractivity contribution is -0.142. The number of hydrogen-bond acceptors (Lipinski definition) is 7. The van der Waals surface area contributed by atoms with Gasteiger partial charge in [-0.2, -0.15) is 0 Å². The number of hydrogen-bond donors (Lipinski definition) is 1. The molecular formula is C29H28N2O6. The number of nitrogens with zero attached hydrogens (tertiary/aromatic N) is 2. The minimum Gasteiger partial charge on any atom is -0.507 e. The van der Waals surface area contributed by atoms with Gasteiger partial charge >= 0.3 is 5.97 Å². The van der Waals surface area contributed by atoms with Gasteiger partial charge in [0.2, 0.25) is 0 Å². The van der Waals surface area contributed by atoms with E-state index in [1.54, 1.807) is 79.9 Å². The summed E-state index contributed by atoms with van der Waals surface area (Å²) in [7, 11) is 0. The maximum absolute atomic E-state index is 13.3. The third-order valence-corrected chi connectivity index (χ3v) is 5.78. The SMILES string of the molecule is CCOC(=O)Cc1ccc(N2C(=O)C(=O)/C(=C(\O)c3ccc(OC(C)C)cc3)C2c2ccccn2)cc1. The van der Waals surface area contributed by atoms with Gasteiger partial charge in [0, 0.05) is 17.4 Å². The number of ether oxygens (including phenoxy) is 2. The number of aliphatic hydroxyl groups is 1. The average molecular weight is 501 g/mol. The molecule has 8 heteroatoms. The van der Waals surface area contributed by atoms with Gasteiger partial charge in [-0.25, -0.2) is 0 Å². The van der Waals surface area contributed by atoms with Gasteiger partial charge in [-0.3, -0.25) is 24.3 Å². The molecule has 1 saturated heterocycles. The first-order valence-corrected chi connectivity index (χ1v) is 12.0. The Bertz CT molecular complexity index is 1310. The van der Waals surface area contributed by atoms with Crippen molar-refractivity contribution in [1.29, 1.82) is 0 Å². The highest BCUT2D eigenvalue weighted by molar-refractivity contribution is 6.51. The number of aliphatic hydroxyl groups excluding tert-OH is 1. The fourth-order valence-corrected chi connectivity index (χ4v) is 4.19. The van der Waals surface area contributed by atoms with Crippen molar-refractivity contribution < 1.29 is 29.0 Å². The lowest BCUT2D eigenvalue weighted by Crippen LogP contribution is -2.29. The van der Waals surface area contributed by atoms with E-state index in [2.05, 4.69) is 4.98 Å². The predicted molar refractivity (Wildman–Crippen MR) is 138 cm³/mol. The van der Waals surface area contributed by atoms with Crippen molar-refractivity contribution in [3.63, 3.8) is 0 Å². The molecule has 1 unspecified atom stereocenters. The fraction of sp³-hybridized carbons (Fsp3) is 0.241. The summed E-state index contributed by atoms with van der Waals surface area (Å²) in [5, 5.41) is 11.2. The molecular weight excluding hydrogens is 472 g/mol. The smallest absolute Gasteiger partial charge is 0.310 e. The second-order valence-corrected chi connectivity index (χ2v) is 8.76. The topological polar surface area (TPSA) is 106 Å². The zero-order chi connectivity index (χ0) is 26.5. The summed E-state index contributed by atoms with van der Waals surface area (Å²) < 4.78 is 10.7. The summed E-state index contributed by atoms with van der Waals surface area (Å²) in [6.45, 7) is 5.85. The zero-order valence-corrected chi connectivity index (χ0v) is 20.9. The zero-order valence-electron chi connectivity index (χ0n) is 20.9. The second kappa shape index (κ2) is 11.1. The molecule has 190 valence electrons. The quantitative estimate of drug-likeness (QED) is 0.209. The molecule has 4 rings (SSSR count). The van der Waals surface area contributed by atoms with Crippen molar-refractivity contribution in [3.05, 3.63) is 95.3 Å². The number of aromatic nitrogens is 1. The second-order valence-electron chi connectivity index (χ2n) is 8.76. The van der Waals surface area contributed by atoms with Gasteiger partial charge in [-0.1, -0.05) is 18.2 Å². The summed E-state index contributed by atoms with van der Waals surface area (Å²) in [6.07, 6.45) is 1.64. The molecule has 1 atom stereocenters. The minimum absolute atomic E-state index is 0.0161. The lowest BCUT2D eigenvalue weighted by atomic mass is 9.98. The van der Waals surface area contributed by atoms with E-state index in [0.29, 0.717) is 34.9 Å². The van der Waals surface area contributed by atoms with Gasteiger partial charge in [0.15, 0.2) is 0 Å². The first kappa shape index (κ1) is 25.6. The van der Waals surface area contributed by atoms with Crippen LogP contribution in [0.4, 0.5) is 5.69 Å². The Morgan fingerprint density at radius 2 is 1.73 bits per heavy atom. The Morgan fingerprint density at radius 1 is 1.03 bits per heavy atom. The predicted octanol–water partition coefficient (Wildman–Crippen LogP) is 4.60. The largest absolute Gasteiger partial charge is 0.507 e. The number of carbonyl (C=O) groups excluding carboxylic acids is 3. The molecule has 1 aliphatic heterocycles. The summed E-state index contributed by atoms with van der Waals surface area (Å²) in [5.41, 5.74) is 1.89. The molecule has 1 aromatic heterocycles. The van der Waals surface area contributed by atoms with E-state index in [-0.39, 0.29) is 29.8 Å². The van der Waals surface area contributed by atoms with Crippen molar-refractivity contribution in [3.8, 4) is 5.75 Å². The summed E-state index contributed by atoms with van der Waals surface area (Å²) in [6, 6.07) is 17.6. The van der Waals surface area contributed by atoms with Gasteiger partial charge < -0.3 is 14.6 Å². The van der Waals surface area contributed by atoms with Crippen LogP contribution in [0, 0.1) is 0 Å². The number of pyridine rings is 1. The highest BCUT2D eigenvalue weighted by atomic mass is 16.5. The highest BCUT2D eigenvalue weighted by Crippen LogP contribution is 2.41. The van der Waals surface area contributed by atoms with Crippen molar-refractivity contribution >= 4 is 29.1 Å². The Labute approximate surface area is 215 Å². The maximum Gasteiger partial charge on any atom is 0.310 e. The van der Waals surface area contributed by atoms with E-state index < -0.39 is 17.7 Å². The Balaban J connectivity index is 1.75. The van der Waals surface area contributed by atoms with Gasteiger partial charge in [0.1, 0.15) is 17.6 Å². The summed E-state index contributed by atoms with van der Waals surface area (Å²) in [5.74, 6) is -1.63. The van der Waals surface area contributed by atoms with Crippen LogP contribution >= 0.6 is 0 Å². The van der Waals surface area contributed by atoms with E-state index >= 15 is 0 Å². The summed E-state index contributed by atoms with van der Waals surface area (Å²) in [4.78, 5) is 44.1. The van der Waals surface area contributed by atoms with Crippen LogP contribution in [0.2, 0.25) is 0 Å². The first-order chi connectivity index (χ1) is 17.8. The third kappa shape index (κ3) is 5.53. The number of benzene rings is 2. The molecule has 1 aliphatic rings.